The van der Waals surface area contributed by atoms with E-state index in [9.17, 15) is 0 Å². The summed E-state index contributed by atoms with van der Waals surface area (Å²) in [7, 11) is 0. The van der Waals surface area contributed by atoms with Crippen molar-refractivity contribution in [2.45, 2.75) is 26.9 Å². The number of nitrogens with one attached hydrogen (secondary N) is 1. The van der Waals surface area contributed by atoms with Crippen LogP contribution in [0.4, 0.5) is 0 Å². The Kier molecular flexibility index (Phi) is 6.05. The molecule has 1 unspecified atom stereocenters. The van der Waals surface area contributed by atoms with E-state index in [2.05, 4.69) is 33.8 Å². The van der Waals surface area contributed by atoms with Crippen LogP contribution in [0.5, 0.6) is 5.75 Å². The molecule has 4 heteroatoms. The first-order chi connectivity index (χ1) is 10.7. The molecule has 0 bridgehead atoms. The van der Waals surface area contributed by atoms with Crippen LogP contribution in [0.1, 0.15) is 18.3 Å². The Morgan fingerprint density at radius 2 is 2.23 bits per heavy atom. The fraction of sp³-hybridized carbons (Fsp3) is 0.389. The lowest BCUT2D eigenvalue weighted by atomic mass is 10.1. The molecule has 0 radical (unpaired) electrons. The molecule has 1 atom stereocenters. The Morgan fingerprint density at radius 1 is 1.41 bits per heavy atom. The van der Waals surface area contributed by atoms with Crippen molar-refractivity contribution in [3.8, 4) is 18.1 Å². The van der Waals surface area contributed by atoms with Crippen LogP contribution in [0.2, 0.25) is 0 Å². The zero-order valence-corrected chi connectivity index (χ0v) is 13.2. The minimum absolute atomic E-state index is 0.299. The first-order valence-electron chi connectivity index (χ1n) is 7.53. The Bertz CT molecular complexity index is 627. The monoisotopic (exact) mass is 297 g/mol. The molecular formula is C18H23N3O. The second kappa shape index (κ2) is 8.26. The normalized spacial score (nSPS) is 11.9. The molecule has 0 aliphatic rings. The third-order valence-corrected chi connectivity index (χ3v) is 3.52. The molecule has 1 N–H and O–H groups in total. The Hall–Kier alpha value is -2.25. The van der Waals surface area contributed by atoms with E-state index >= 15 is 0 Å². The third-order valence-electron chi connectivity index (χ3n) is 3.52. The predicted molar refractivity (Wildman–Crippen MR) is 88.6 cm³/mol. The number of hydrogen-bond donors (Lipinski definition) is 1. The van der Waals surface area contributed by atoms with Gasteiger partial charge in [-0.3, -0.25) is 0 Å². The number of aromatic nitrogens is 2. The Labute approximate surface area is 132 Å². The van der Waals surface area contributed by atoms with Gasteiger partial charge in [-0.2, -0.15) is 0 Å². The largest absolute Gasteiger partial charge is 0.481 e. The quantitative estimate of drug-likeness (QED) is 0.761. The molecule has 2 aromatic rings. The average molecular weight is 297 g/mol. The number of hydrogen-bond acceptors (Lipinski definition) is 3. The highest BCUT2D eigenvalue weighted by Crippen LogP contribution is 2.17. The molecule has 2 rings (SSSR count). The zero-order chi connectivity index (χ0) is 15.8. The number of ether oxygens (including phenoxy) is 1. The van der Waals surface area contributed by atoms with Crippen LogP contribution >= 0.6 is 0 Å². The molecule has 22 heavy (non-hydrogen) atoms. The maximum Gasteiger partial charge on any atom is 0.148 e. The van der Waals surface area contributed by atoms with Gasteiger partial charge in [0.1, 0.15) is 18.2 Å². The maximum atomic E-state index is 5.56. The van der Waals surface area contributed by atoms with Gasteiger partial charge in [0.2, 0.25) is 0 Å². The van der Waals surface area contributed by atoms with E-state index in [0.29, 0.717) is 12.5 Å². The summed E-state index contributed by atoms with van der Waals surface area (Å²) in [6.07, 6.45) is 9.11. The molecule has 1 aromatic heterocycles. The second-order valence-corrected chi connectivity index (χ2v) is 5.46. The van der Waals surface area contributed by atoms with Crippen LogP contribution in [0.3, 0.4) is 0 Å². The Balaban J connectivity index is 1.81. The molecule has 0 aliphatic heterocycles. The van der Waals surface area contributed by atoms with E-state index in [1.807, 2.05) is 37.5 Å². The summed E-state index contributed by atoms with van der Waals surface area (Å²) < 4.78 is 7.73. The number of nitrogens with zero attached hydrogens (tertiary/aromatic N) is 2. The highest BCUT2D eigenvalue weighted by Gasteiger charge is 2.06. The molecule has 0 fully saturated rings. The van der Waals surface area contributed by atoms with Gasteiger partial charge in [-0.25, -0.2) is 4.98 Å². The van der Waals surface area contributed by atoms with E-state index in [1.165, 1.54) is 0 Å². The summed E-state index contributed by atoms with van der Waals surface area (Å²) in [4.78, 5) is 4.25. The SMILES string of the molecule is C#CCOc1ccccc1CNCC(C)Cn1ccnc1C. The van der Waals surface area contributed by atoms with Crippen molar-refractivity contribution in [1.29, 1.82) is 0 Å². The number of terminal acetylenes is 1. The van der Waals surface area contributed by atoms with Crippen LogP contribution in [0, 0.1) is 25.2 Å². The van der Waals surface area contributed by atoms with Crippen molar-refractivity contribution < 1.29 is 4.74 Å². The molecule has 0 amide bonds. The number of para-hydroxylation sites is 1. The summed E-state index contributed by atoms with van der Waals surface area (Å²) in [6.45, 7) is 7.23. The number of imidazole rings is 1. The van der Waals surface area contributed by atoms with E-state index in [1.54, 1.807) is 0 Å². The standard InChI is InChI=1S/C18H23N3O/c1-4-11-22-18-8-6-5-7-17(18)13-19-12-15(2)14-21-10-9-20-16(21)3/h1,5-10,15,19H,11-14H2,2-3H3. The van der Waals surface area contributed by atoms with Gasteiger partial charge in [0.15, 0.2) is 0 Å². The lowest BCUT2D eigenvalue weighted by Crippen LogP contribution is -2.24. The van der Waals surface area contributed by atoms with Gasteiger partial charge in [0.05, 0.1) is 0 Å². The molecule has 0 aliphatic carbocycles. The van der Waals surface area contributed by atoms with E-state index < -0.39 is 0 Å². The molecule has 1 aromatic carbocycles. The average Bonchev–Trinajstić information content (AvgIpc) is 2.91. The molecule has 1 heterocycles. The molecule has 116 valence electrons. The van der Waals surface area contributed by atoms with E-state index in [4.69, 9.17) is 11.2 Å². The van der Waals surface area contributed by atoms with E-state index in [0.717, 1.165) is 36.8 Å². The van der Waals surface area contributed by atoms with Gasteiger partial charge in [-0.1, -0.05) is 31.0 Å². The predicted octanol–water partition coefficient (Wildman–Crippen LogP) is 2.63. The minimum Gasteiger partial charge on any atom is -0.481 e. The lowest BCUT2D eigenvalue weighted by molar-refractivity contribution is 0.363. The molecule has 4 nitrogen and oxygen atoms in total. The fourth-order valence-corrected chi connectivity index (χ4v) is 2.36. The van der Waals surface area contributed by atoms with Gasteiger partial charge in [-0.15, -0.1) is 6.42 Å². The highest BCUT2D eigenvalue weighted by atomic mass is 16.5. The van der Waals surface area contributed by atoms with Crippen molar-refractivity contribution in [3.63, 3.8) is 0 Å². The Morgan fingerprint density at radius 3 is 2.95 bits per heavy atom. The van der Waals surface area contributed by atoms with Gasteiger partial charge < -0.3 is 14.6 Å². The van der Waals surface area contributed by atoms with E-state index in [-0.39, 0.29) is 0 Å². The first kappa shape index (κ1) is 16.1. The second-order valence-electron chi connectivity index (χ2n) is 5.46. The van der Waals surface area contributed by atoms with Gasteiger partial charge in [0.25, 0.3) is 0 Å². The van der Waals surface area contributed by atoms with Crippen molar-refractivity contribution in [2.75, 3.05) is 13.2 Å². The minimum atomic E-state index is 0.299. The van der Waals surface area contributed by atoms with Crippen molar-refractivity contribution >= 4 is 0 Å². The maximum absolute atomic E-state index is 5.56. The summed E-state index contributed by atoms with van der Waals surface area (Å²) >= 11 is 0. The fourth-order valence-electron chi connectivity index (χ4n) is 2.36. The number of benzene rings is 1. The van der Waals surface area contributed by atoms with Gasteiger partial charge >= 0.3 is 0 Å². The van der Waals surface area contributed by atoms with Crippen molar-refractivity contribution in [3.05, 3.63) is 48.0 Å². The zero-order valence-electron chi connectivity index (χ0n) is 13.2. The topological polar surface area (TPSA) is 39.1 Å². The van der Waals surface area contributed by atoms with Crippen LogP contribution in [-0.2, 0) is 13.1 Å². The summed E-state index contributed by atoms with van der Waals surface area (Å²) in [5, 5.41) is 3.48. The van der Waals surface area contributed by atoms with Crippen molar-refractivity contribution in [2.24, 2.45) is 5.92 Å². The summed E-state index contributed by atoms with van der Waals surface area (Å²) in [6, 6.07) is 7.98. The molecule has 0 saturated carbocycles. The molecular weight excluding hydrogens is 274 g/mol. The van der Waals surface area contributed by atoms with Crippen LogP contribution in [0.25, 0.3) is 0 Å². The number of rotatable bonds is 8. The smallest absolute Gasteiger partial charge is 0.148 e. The highest BCUT2D eigenvalue weighted by molar-refractivity contribution is 5.33. The van der Waals surface area contributed by atoms with Crippen LogP contribution < -0.4 is 10.1 Å². The summed E-state index contributed by atoms with van der Waals surface area (Å²) in [5.74, 6) is 4.92. The first-order valence-corrected chi connectivity index (χ1v) is 7.53. The van der Waals surface area contributed by atoms with Crippen molar-refractivity contribution in [1.82, 2.24) is 14.9 Å². The van der Waals surface area contributed by atoms with Crippen LogP contribution in [0.15, 0.2) is 36.7 Å². The molecule has 0 saturated heterocycles. The van der Waals surface area contributed by atoms with Gasteiger partial charge in [-0.05, 0) is 25.5 Å². The number of aryl methyl sites for hydroxylation is 1. The van der Waals surface area contributed by atoms with Gasteiger partial charge in [0, 0.05) is 31.0 Å². The third kappa shape index (κ3) is 4.64. The molecule has 0 spiro atoms. The summed E-state index contributed by atoms with van der Waals surface area (Å²) in [5.41, 5.74) is 1.13. The lowest BCUT2D eigenvalue weighted by Gasteiger charge is -2.15. The van der Waals surface area contributed by atoms with Crippen LogP contribution in [-0.4, -0.2) is 22.7 Å².